The van der Waals surface area contributed by atoms with Crippen molar-refractivity contribution in [3.05, 3.63) is 68.4 Å². The molecule has 0 atom stereocenters. The van der Waals surface area contributed by atoms with Crippen LogP contribution in [0, 0.1) is 10.9 Å². The fourth-order valence-corrected chi connectivity index (χ4v) is 4.53. The molecule has 0 fully saturated rings. The summed E-state index contributed by atoms with van der Waals surface area (Å²) in [5.74, 6) is 0. The topological polar surface area (TPSA) is 26.4 Å². The van der Waals surface area contributed by atoms with Crippen molar-refractivity contribution in [2.75, 3.05) is 0 Å². The lowest BCUT2D eigenvalue weighted by Gasteiger charge is -2.11. The summed E-state index contributed by atoms with van der Waals surface area (Å²) >= 11 is 7.20. The fraction of sp³-hybridized carbons (Fsp3) is 0.158. The highest BCUT2D eigenvalue weighted by Crippen LogP contribution is 2.33. The highest BCUT2D eigenvalue weighted by atomic mass is 32.1. The van der Waals surface area contributed by atoms with Gasteiger partial charge in [-0.3, -0.25) is 13.8 Å². The van der Waals surface area contributed by atoms with Gasteiger partial charge in [-0.25, -0.2) is 0 Å². The van der Waals surface area contributed by atoms with Gasteiger partial charge in [-0.1, -0.05) is 42.0 Å². The molecular weight excluding hydrogens is 336 g/mol. The third-order valence-corrected chi connectivity index (χ3v) is 5.71. The Hall–Kier alpha value is -2.24. The van der Waals surface area contributed by atoms with Gasteiger partial charge in [0.05, 0.1) is 15.8 Å². The molecule has 120 valence electrons. The number of aromatic nitrogens is 2. The van der Waals surface area contributed by atoms with Crippen molar-refractivity contribution in [1.29, 1.82) is 0 Å². The predicted molar refractivity (Wildman–Crippen MR) is 104 cm³/mol. The average Bonchev–Trinajstić information content (AvgIpc) is 2.94. The van der Waals surface area contributed by atoms with E-state index >= 15 is 0 Å². The van der Waals surface area contributed by atoms with E-state index in [4.69, 9.17) is 12.2 Å². The molecule has 0 aliphatic carbocycles. The van der Waals surface area contributed by atoms with E-state index in [0.717, 1.165) is 25.6 Å². The number of fused-ring (bicyclic) bond motifs is 3. The maximum Gasteiger partial charge on any atom is 0.261 e. The number of hydrogen-bond donors (Lipinski definition) is 0. The Bertz CT molecular complexity index is 1180. The minimum absolute atomic E-state index is 0.0364. The quantitative estimate of drug-likeness (QED) is 0.472. The maximum atomic E-state index is 12.9. The first-order chi connectivity index (χ1) is 11.6. The second-order valence-electron chi connectivity index (χ2n) is 5.79. The number of nitrogens with zero attached hydrogens (tertiary/aromatic N) is 2. The van der Waals surface area contributed by atoms with E-state index in [1.807, 2.05) is 40.2 Å². The van der Waals surface area contributed by atoms with Crippen LogP contribution in [0.2, 0.25) is 0 Å². The first-order valence-electron chi connectivity index (χ1n) is 7.86. The van der Waals surface area contributed by atoms with Gasteiger partial charge in [0.2, 0.25) is 0 Å². The highest BCUT2D eigenvalue weighted by molar-refractivity contribution is 7.73. The van der Waals surface area contributed by atoms with E-state index in [1.165, 1.54) is 5.56 Å². The van der Waals surface area contributed by atoms with Gasteiger partial charge in [0.25, 0.3) is 5.56 Å². The van der Waals surface area contributed by atoms with Crippen molar-refractivity contribution in [3.8, 4) is 10.4 Å². The van der Waals surface area contributed by atoms with Crippen LogP contribution < -0.4 is 5.56 Å². The molecule has 0 amide bonds. The number of benzene rings is 2. The van der Waals surface area contributed by atoms with Crippen molar-refractivity contribution in [3.63, 3.8) is 0 Å². The summed E-state index contributed by atoms with van der Waals surface area (Å²) in [4.78, 5) is 14.0. The maximum absolute atomic E-state index is 12.9. The molecule has 4 rings (SSSR count). The largest absolute Gasteiger partial charge is 0.293 e. The fourth-order valence-electron chi connectivity index (χ4n) is 3.10. The Kier molecular flexibility index (Phi) is 3.62. The standard InChI is InChI=1S/C19H16N2OS2/c1-3-20-17-16(13-10-8-12(2)9-11-13)24-19(23)21(17)15-7-5-4-6-14(15)18(20)22/h4-11H,3H2,1-2H3. The first kappa shape index (κ1) is 15.3. The van der Waals surface area contributed by atoms with Gasteiger partial charge in [-0.15, -0.1) is 11.3 Å². The molecule has 0 unspecified atom stereocenters. The second-order valence-corrected chi connectivity index (χ2v) is 7.43. The van der Waals surface area contributed by atoms with Crippen LogP contribution in [0.1, 0.15) is 12.5 Å². The van der Waals surface area contributed by atoms with Crippen LogP contribution in [-0.2, 0) is 6.54 Å². The van der Waals surface area contributed by atoms with E-state index < -0.39 is 0 Å². The van der Waals surface area contributed by atoms with Crippen molar-refractivity contribution < 1.29 is 0 Å². The SMILES string of the molecule is CCn1c(=O)c2ccccc2n2c(=S)sc(-c3ccc(C)cc3)c12. The third kappa shape index (κ3) is 2.16. The zero-order valence-corrected chi connectivity index (χ0v) is 15.1. The molecule has 2 aromatic heterocycles. The van der Waals surface area contributed by atoms with Crippen LogP contribution in [-0.4, -0.2) is 8.97 Å². The van der Waals surface area contributed by atoms with Gasteiger partial charge in [-0.05, 0) is 43.8 Å². The summed E-state index contributed by atoms with van der Waals surface area (Å²) < 4.78 is 4.62. The monoisotopic (exact) mass is 352 g/mol. The number of aryl methyl sites for hydroxylation is 2. The van der Waals surface area contributed by atoms with Crippen LogP contribution >= 0.6 is 23.6 Å². The third-order valence-electron chi connectivity index (χ3n) is 4.29. The molecule has 5 heteroatoms. The second kappa shape index (κ2) is 5.69. The summed E-state index contributed by atoms with van der Waals surface area (Å²) in [7, 11) is 0. The van der Waals surface area contributed by atoms with Crippen molar-refractivity contribution in [1.82, 2.24) is 8.97 Å². The summed E-state index contributed by atoms with van der Waals surface area (Å²) in [6.07, 6.45) is 0. The van der Waals surface area contributed by atoms with E-state index in [1.54, 1.807) is 11.3 Å². The van der Waals surface area contributed by atoms with Crippen LogP contribution in [0.5, 0.6) is 0 Å². The molecule has 2 aromatic carbocycles. The van der Waals surface area contributed by atoms with Crippen molar-refractivity contribution >= 4 is 40.1 Å². The van der Waals surface area contributed by atoms with E-state index in [0.29, 0.717) is 11.9 Å². The Morgan fingerprint density at radius 2 is 1.79 bits per heavy atom. The predicted octanol–water partition coefficient (Wildman–Crippen LogP) is 5.04. The number of hydrogen-bond acceptors (Lipinski definition) is 3. The minimum atomic E-state index is 0.0364. The molecule has 0 saturated carbocycles. The molecule has 0 aliphatic rings. The smallest absolute Gasteiger partial charge is 0.261 e. The van der Waals surface area contributed by atoms with E-state index in [-0.39, 0.29) is 5.56 Å². The first-order valence-corrected chi connectivity index (χ1v) is 9.08. The normalized spacial score (nSPS) is 11.4. The number of rotatable bonds is 2. The average molecular weight is 352 g/mol. The van der Waals surface area contributed by atoms with E-state index in [9.17, 15) is 4.79 Å². The molecule has 0 aliphatic heterocycles. The molecule has 3 nitrogen and oxygen atoms in total. The number of para-hydroxylation sites is 1. The van der Waals surface area contributed by atoms with Crippen LogP contribution in [0.3, 0.4) is 0 Å². The van der Waals surface area contributed by atoms with Gasteiger partial charge < -0.3 is 0 Å². The van der Waals surface area contributed by atoms with E-state index in [2.05, 4.69) is 31.2 Å². The molecule has 0 N–H and O–H groups in total. The van der Waals surface area contributed by atoms with Crippen LogP contribution in [0.25, 0.3) is 27.0 Å². The van der Waals surface area contributed by atoms with Gasteiger partial charge in [0.15, 0.2) is 3.95 Å². The van der Waals surface area contributed by atoms with Gasteiger partial charge in [0.1, 0.15) is 5.65 Å². The zero-order valence-electron chi connectivity index (χ0n) is 13.4. The molecule has 24 heavy (non-hydrogen) atoms. The van der Waals surface area contributed by atoms with Crippen LogP contribution in [0.4, 0.5) is 0 Å². The Balaban J connectivity index is 2.24. The van der Waals surface area contributed by atoms with Crippen LogP contribution in [0.15, 0.2) is 53.3 Å². The molecule has 0 spiro atoms. The van der Waals surface area contributed by atoms with Gasteiger partial charge in [-0.2, -0.15) is 0 Å². The molecular formula is C19H16N2OS2. The summed E-state index contributed by atoms with van der Waals surface area (Å²) in [6.45, 7) is 4.67. The lowest BCUT2D eigenvalue weighted by Crippen LogP contribution is -2.22. The number of thiazole rings is 1. The summed E-state index contributed by atoms with van der Waals surface area (Å²) in [5.41, 5.74) is 4.11. The van der Waals surface area contributed by atoms with Crippen molar-refractivity contribution in [2.24, 2.45) is 0 Å². The Labute approximate surface area is 148 Å². The Morgan fingerprint density at radius 1 is 1.08 bits per heavy atom. The van der Waals surface area contributed by atoms with Gasteiger partial charge in [0, 0.05) is 6.54 Å². The van der Waals surface area contributed by atoms with Crippen molar-refractivity contribution in [2.45, 2.75) is 20.4 Å². The molecule has 0 radical (unpaired) electrons. The zero-order chi connectivity index (χ0) is 16.8. The molecule has 0 bridgehead atoms. The summed E-state index contributed by atoms with van der Waals surface area (Å²) in [6, 6.07) is 16.0. The minimum Gasteiger partial charge on any atom is -0.293 e. The lowest BCUT2D eigenvalue weighted by molar-refractivity contribution is 0.748. The summed E-state index contributed by atoms with van der Waals surface area (Å²) in [5, 5.41) is 0.705. The molecule has 4 aromatic rings. The Morgan fingerprint density at radius 3 is 2.50 bits per heavy atom. The van der Waals surface area contributed by atoms with Gasteiger partial charge >= 0.3 is 0 Å². The molecule has 0 saturated heterocycles. The highest BCUT2D eigenvalue weighted by Gasteiger charge is 2.17. The lowest BCUT2D eigenvalue weighted by atomic mass is 10.1. The molecule has 2 heterocycles.